The molecule has 0 radical (unpaired) electrons. The molecule has 0 amide bonds. The summed E-state index contributed by atoms with van der Waals surface area (Å²) in [6.07, 6.45) is 2.12. The first kappa shape index (κ1) is 20.4. The lowest BCUT2D eigenvalue weighted by Gasteiger charge is -2.26. The number of nitrogens with one attached hydrogen (secondary N) is 2. The third-order valence-electron chi connectivity index (χ3n) is 4.22. The van der Waals surface area contributed by atoms with Crippen molar-refractivity contribution in [3.05, 3.63) is 48.2 Å². The Labute approximate surface area is 162 Å². The fraction of sp³-hybridized carbons (Fsp3) is 0.389. The number of aromatic nitrogens is 1. The van der Waals surface area contributed by atoms with E-state index in [2.05, 4.69) is 19.9 Å². The number of hydrogen-bond acceptors (Lipinski definition) is 6. The normalized spacial score (nSPS) is 15.4. The number of halogens is 2. The molecular formula is C18H22F2N4O3S. The first-order valence-electron chi connectivity index (χ1n) is 8.91. The van der Waals surface area contributed by atoms with Crippen LogP contribution in [-0.4, -0.2) is 57.7 Å². The summed E-state index contributed by atoms with van der Waals surface area (Å²) in [5.41, 5.74) is -0.192. The Balaban J connectivity index is 1.52. The zero-order valence-electron chi connectivity index (χ0n) is 15.2. The van der Waals surface area contributed by atoms with Gasteiger partial charge in [-0.2, -0.15) is 0 Å². The summed E-state index contributed by atoms with van der Waals surface area (Å²) in [5.74, 6) is -1.18. The van der Waals surface area contributed by atoms with Gasteiger partial charge < -0.3 is 10.1 Å². The molecule has 152 valence electrons. The van der Waals surface area contributed by atoms with E-state index in [1.807, 2.05) is 0 Å². The van der Waals surface area contributed by atoms with E-state index in [1.54, 1.807) is 6.07 Å². The molecule has 10 heteroatoms. The quantitative estimate of drug-likeness (QED) is 0.648. The van der Waals surface area contributed by atoms with Gasteiger partial charge in [0.1, 0.15) is 22.3 Å². The molecule has 0 bridgehead atoms. The lowest BCUT2D eigenvalue weighted by molar-refractivity contribution is 0.0378. The second-order valence-corrected chi connectivity index (χ2v) is 8.06. The van der Waals surface area contributed by atoms with E-state index in [0.29, 0.717) is 18.4 Å². The van der Waals surface area contributed by atoms with Crippen molar-refractivity contribution in [3.63, 3.8) is 0 Å². The summed E-state index contributed by atoms with van der Waals surface area (Å²) in [6.45, 7) is 5.07. The van der Waals surface area contributed by atoms with Gasteiger partial charge in [0, 0.05) is 31.9 Å². The molecule has 2 N–H and O–H groups in total. The van der Waals surface area contributed by atoms with E-state index in [-0.39, 0.29) is 10.6 Å². The van der Waals surface area contributed by atoms with E-state index in [0.717, 1.165) is 51.4 Å². The molecular weight excluding hydrogens is 390 g/mol. The standard InChI is InChI=1S/C18H22F2N4O3S/c19-14-10-15(20)12-16(11-14)23-28(25,26)17-2-3-18(22-13-17)21-4-1-5-24-6-8-27-9-7-24/h2-3,10-13,23H,1,4-9H2,(H,21,22). The van der Waals surface area contributed by atoms with Gasteiger partial charge in [-0.3, -0.25) is 9.62 Å². The molecule has 2 heterocycles. The third-order valence-corrected chi connectivity index (χ3v) is 5.59. The highest BCUT2D eigenvalue weighted by Gasteiger charge is 2.16. The molecule has 0 unspecified atom stereocenters. The van der Waals surface area contributed by atoms with Gasteiger partial charge in [0.25, 0.3) is 10.0 Å². The van der Waals surface area contributed by atoms with Gasteiger partial charge in [-0.05, 0) is 37.2 Å². The Hall–Kier alpha value is -2.30. The van der Waals surface area contributed by atoms with Gasteiger partial charge in [-0.25, -0.2) is 22.2 Å². The van der Waals surface area contributed by atoms with E-state index < -0.39 is 21.7 Å². The summed E-state index contributed by atoms with van der Waals surface area (Å²) in [4.78, 5) is 6.32. The van der Waals surface area contributed by atoms with Gasteiger partial charge in [-0.15, -0.1) is 0 Å². The number of anilines is 2. The molecule has 1 aromatic heterocycles. The molecule has 28 heavy (non-hydrogen) atoms. The van der Waals surface area contributed by atoms with Crippen LogP contribution in [0.5, 0.6) is 0 Å². The minimum Gasteiger partial charge on any atom is -0.379 e. The topological polar surface area (TPSA) is 83.6 Å². The van der Waals surface area contributed by atoms with Crippen LogP contribution in [0.2, 0.25) is 0 Å². The van der Waals surface area contributed by atoms with Crippen LogP contribution >= 0.6 is 0 Å². The fourth-order valence-electron chi connectivity index (χ4n) is 2.81. The SMILES string of the molecule is O=S(=O)(Nc1cc(F)cc(F)c1)c1ccc(NCCCN2CCOCC2)nc1. The van der Waals surface area contributed by atoms with Crippen molar-refractivity contribution >= 4 is 21.5 Å². The van der Waals surface area contributed by atoms with Crippen molar-refractivity contribution in [3.8, 4) is 0 Å². The Kier molecular flexibility index (Phi) is 6.76. The van der Waals surface area contributed by atoms with Crippen molar-refractivity contribution in [2.45, 2.75) is 11.3 Å². The highest BCUT2D eigenvalue weighted by atomic mass is 32.2. The summed E-state index contributed by atoms with van der Waals surface area (Å²) >= 11 is 0. The third kappa shape index (κ3) is 5.85. The summed E-state index contributed by atoms with van der Waals surface area (Å²) in [7, 11) is -4.00. The fourth-order valence-corrected chi connectivity index (χ4v) is 3.80. The van der Waals surface area contributed by atoms with Crippen LogP contribution in [0.15, 0.2) is 41.4 Å². The Morgan fingerprint density at radius 3 is 2.46 bits per heavy atom. The van der Waals surface area contributed by atoms with E-state index in [4.69, 9.17) is 4.74 Å². The van der Waals surface area contributed by atoms with E-state index in [1.165, 1.54) is 12.3 Å². The number of ether oxygens (including phenoxy) is 1. The summed E-state index contributed by atoms with van der Waals surface area (Å²) in [5, 5.41) is 3.14. The predicted octanol–water partition coefficient (Wildman–Crippen LogP) is 2.29. The van der Waals surface area contributed by atoms with Crippen molar-refractivity contribution in [2.75, 3.05) is 49.4 Å². The number of pyridine rings is 1. The molecule has 0 aliphatic carbocycles. The first-order valence-corrected chi connectivity index (χ1v) is 10.4. The van der Waals surface area contributed by atoms with Crippen LogP contribution < -0.4 is 10.0 Å². The first-order chi connectivity index (χ1) is 13.4. The van der Waals surface area contributed by atoms with Crippen molar-refractivity contribution in [2.24, 2.45) is 0 Å². The van der Waals surface area contributed by atoms with Gasteiger partial charge in [-0.1, -0.05) is 0 Å². The summed E-state index contributed by atoms with van der Waals surface area (Å²) < 4.78 is 58.6. The molecule has 3 rings (SSSR count). The monoisotopic (exact) mass is 412 g/mol. The minimum atomic E-state index is -4.00. The van der Waals surface area contributed by atoms with Crippen LogP contribution in [0.4, 0.5) is 20.3 Å². The van der Waals surface area contributed by atoms with Crippen LogP contribution in [0.3, 0.4) is 0 Å². The molecule has 2 aromatic rings. The number of nitrogens with zero attached hydrogens (tertiary/aromatic N) is 2. The average Bonchev–Trinajstić information content (AvgIpc) is 2.65. The number of benzene rings is 1. The average molecular weight is 412 g/mol. The van der Waals surface area contributed by atoms with Crippen LogP contribution in [0, 0.1) is 11.6 Å². The van der Waals surface area contributed by atoms with Gasteiger partial charge in [0.05, 0.1) is 18.9 Å². The molecule has 1 saturated heterocycles. The lowest BCUT2D eigenvalue weighted by atomic mass is 10.3. The van der Waals surface area contributed by atoms with Crippen LogP contribution in [0.1, 0.15) is 6.42 Å². The second kappa shape index (κ2) is 9.26. The highest BCUT2D eigenvalue weighted by molar-refractivity contribution is 7.92. The van der Waals surface area contributed by atoms with Crippen LogP contribution in [-0.2, 0) is 14.8 Å². The molecule has 7 nitrogen and oxygen atoms in total. The van der Waals surface area contributed by atoms with Crippen molar-refractivity contribution in [1.82, 2.24) is 9.88 Å². The van der Waals surface area contributed by atoms with Crippen LogP contribution in [0.25, 0.3) is 0 Å². The van der Waals surface area contributed by atoms with Gasteiger partial charge in [0.2, 0.25) is 0 Å². The minimum absolute atomic E-state index is 0.101. The molecule has 0 atom stereocenters. The van der Waals surface area contributed by atoms with Gasteiger partial charge >= 0.3 is 0 Å². The molecule has 1 fully saturated rings. The maximum absolute atomic E-state index is 13.2. The van der Waals surface area contributed by atoms with Crippen molar-refractivity contribution in [1.29, 1.82) is 0 Å². The Morgan fingerprint density at radius 1 is 1.11 bits per heavy atom. The zero-order valence-corrected chi connectivity index (χ0v) is 16.0. The molecule has 0 saturated carbocycles. The largest absolute Gasteiger partial charge is 0.379 e. The Morgan fingerprint density at radius 2 is 1.82 bits per heavy atom. The summed E-state index contributed by atoms with van der Waals surface area (Å²) in [6, 6.07) is 5.40. The highest BCUT2D eigenvalue weighted by Crippen LogP contribution is 2.18. The number of morpholine rings is 1. The van der Waals surface area contributed by atoms with Crippen molar-refractivity contribution < 1.29 is 21.9 Å². The molecule has 0 spiro atoms. The zero-order chi connectivity index (χ0) is 20.0. The Bertz CT molecular complexity index is 868. The second-order valence-electron chi connectivity index (χ2n) is 6.38. The predicted molar refractivity (Wildman–Crippen MR) is 102 cm³/mol. The maximum atomic E-state index is 13.2. The number of rotatable bonds is 8. The van der Waals surface area contributed by atoms with Gasteiger partial charge in [0.15, 0.2) is 0 Å². The molecule has 1 aromatic carbocycles. The van der Waals surface area contributed by atoms with E-state index >= 15 is 0 Å². The molecule has 1 aliphatic rings. The van der Waals surface area contributed by atoms with E-state index in [9.17, 15) is 17.2 Å². The molecule has 1 aliphatic heterocycles. The maximum Gasteiger partial charge on any atom is 0.263 e. The number of sulfonamides is 1. The smallest absolute Gasteiger partial charge is 0.263 e. The lowest BCUT2D eigenvalue weighted by Crippen LogP contribution is -2.37. The number of hydrogen-bond donors (Lipinski definition) is 2.